The van der Waals surface area contributed by atoms with Gasteiger partial charge in [-0.2, -0.15) is 4.98 Å². The molecule has 8 heteroatoms. The van der Waals surface area contributed by atoms with E-state index >= 15 is 0 Å². The van der Waals surface area contributed by atoms with Gasteiger partial charge in [0.05, 0.1) is 18.4 Å². The maximum Gasteiger partial charge on any atom is 0.340 e. The van der Waals surface area contributed by atoms with E-state index in [4.69, 9.17) is 14.0 Å². The van der Waals surface area contributed by atoms with Crippen molar-refractivity contribution in [2.45, 2.75) is 26.9 Å². The Morgan fingerprint density at radius 3 is 2.59 bits per heavy atom. The number of amides is 1. The smallest absolute Gasteiger partial charge is 0.340 e. The van der Waals surface area contributed by atoms with E-state index in [2.05, 4.69) is 15.5 Å². The maximum atomic E-state index is 12.6. The van der Waals surface area contributed by atoms with Gasteiger partial charge in [-0.3, -0.25) is 4.79 Å². The van der Waals surface area contributed by atoms with E-state index < -0.39 is 5.97 Å². The fourth-order valence-electron chi connectivity index (χ4n) is 2.83. The Balaban J connectivity index is 1.60. The van der Waals surface area contributed by atoms with Gasteiger partial charge in [0, 0.05) is 12.5 Å². The van der Waals surface area contributed by atoms with E-state index in [0.717, 1.165) is 11.3 Å². The van der Waals surface area contributed by atoms with Crippen LogP contribution in [0.1, 0.15) is 41.5 Å². The molecule has 0 unspecified atom stereocenters. The number of carbonyl (C=O) groups is 2. The second-order valence-corrected chi connectivity index (χ2v) is 7.42. The Labute approximate surface area is 186 Å². The van der Waals surface area contributed by atoms with E-state index in [1.54, 1.807) is 49.6 Å². The number of nitrogens with one attached hydrogen (secondary N) is 1. The molecule has 0 spiro atoms. The highest BCUT2D eigenvalue weighted by Gasteiger charge is 2.16. The second kappa shape index (κ2) is 10.9. The van der Waals surface area contributed by atoms with Crippen LogP contribution in [0.3, 0.4) is 0 Å². The van der Waals surface area contributed by atoms with Crippen molar-refractivity contribution in [3.63, 3.8) is 0 Å². The van der Waals surface area contributed by atoms with Gasteiger partial charge >= 0.3 is 5.97 Å². The molecule has 0 saturated heterocycles. The summed E-state index contributed by atoms with van der Waals surface area (Å²) in [6, 6.07) is 13.9. The molecule has 8 nitrogen and oxygen atoms in total. The number of anilines is 1. The molecule has 0 atom stereocenters. The highest BCUT2D eigenvalue weighted by molar-refractivity contribution is 6.06. The van der Waals surface area contributed by atoms with Crippen LogP contribution in [0.2, 0.25) is 0 Å². The first-order valence-corrected chi connectivity index (χ1v) is 10.2. The Morgan fingerprint density at radius 2 is 1.88 bits per heavy atom. The summed E-state index contributed by atoms with van der Waals surface area (Å²) in [6.45, 7) is 3.95. The number of carbonyl (C=O) groups excluding carboxylic acids is 2. The Bertz CT molecular complexity index is 1090. The fourth-order valence-corrected chi connectivity index (χ4v) is 2.83. The zero-order chi connectivity index (χ0) is 22.9. The molecule has 0 radical (unpaired) electrons. The molecular formula is C24H25N3O5. The lowest BCUT2D eigenvalue weighted by molar-refractivity contribution is -0.111. The molecule has 1 heterocycles. The molecule has 1 N–H and O–H groups in total. The Hall–Kier alpha value is -3.94. The van der Waals surface area contributed by atoms with Crippen LogP contribution in [0.5, 0.6) is 5.75 Å². The number of ether oxygens (including phenoxy) is 2. The molecule has 0 aliphatic carbocycles. The number of esters is 1. The number of methoxy groups -OCH3 is 1. The van der Waals surface area contributed by atoms with Gasteiger partial charge in [-0.05, 0) is 41.8 Å². The van der Waals surface area contributed by atoms with Crippen LogP contribution in [0, 0.1) is 5.92 Å². The zero-order valence-corrected chi connectivity index (χ0v) is 18.2. The lowest BCUT2D eigenvalue weighted by atomic mass is 10.1. The van der Waals surface area contributed by atoms with Gasteiger partial charge < -0.3 is 19.3 Å². The van der Waals surface area contributed by atoms with Crippen molar-refractivity contribution in [2.24, 2.45) is 5.92 Å². The summed E-state index contributed by atoms with van der Waals surface area (Å²) in [6.07, 6.45) is 3.73. The summed E-state index contributed by atoms with van der Waals surface area (Å²) in [5.74, 6) is 0.924. The molecule has 0 bridgehead atoms. The van der Waals surface area contributed by atoms with Crippen molar-refractivity contribution >= 4 is 23.6 Å². The largest absolute Gasteiger partial charge is 0.497 e. The molecule has 0 saturated carbocycles. The normalized spacial score (nSPS) is 11.0. The van der Waals surface area contributed by atoms with Crippen LogP contribution in [-0.2, 0) is 22.6 Å². The highest BCUT2D eigenvalue weighted by Crippen LogP contribution is 2.18. The lowest BCUT2D eigenvalue weighted by Crippen LogP contribution is -2.13. The lowest BCUT2D eigenvalue weighted by Gasteiger charge is -2.09. The Morgan fingerprint density at radius 1 is 1.12 bits per heavy atom. The van der Waals surface area contributed by atoms with Gasteiger partial charge in [0.25, 0.3) is 5.89 Å². The van der Waals surface area contributed by atoms with E-state index in [0.29, 0.717) is 23.9 Å². The van der Waals surface area contributed by atoms with Gasteiger partial charge in [-0.1, -0.05) is 43.3 Å². The standard InChI is InChI=1S/C24H25N3O5/c1-16(2)14-21-26-23(32-27-21)15-31-24(29)19-6-4-5-7-20(19)25-22(28)13-10-17-8-11-18(30-3)12-9-17/h4-13,16H,14-15H2,1-3H3,(H,25,28)/b13-10+. The first-order chi connectivity index (χ1) is 15.4. The topological polar surface area (TPSA) is 104 Å². The summed E-state index contributed by atoms with van der Waals surface area (Å²) in [7, 11) is 1.59. The minimum absolute atomic E-state index is 0.149. The van der Waals surface area contributed by atoms with Crippen molar-refractivity contribution in [1.29, 1.82) is 0 Å². The van der Waals surface area contributed by atoms with Gasteiger partial charge in [-0.25, -0.2) is 4.79 Å². The minimum Gasteiger partial charge on any atom is -0.497 e. The van der Waals surface area contributed by atoms with Gasteiger partial charge in [-0.15, -0.1) is 0 Å². The maximum absolute atomic E-state index is 12.6. The third kappa shape index (κ3) is 6.53. The number of hydrogen-bond donors (Lipinski definition) is 1. The zero-order valence-electron chi connectivity index (χ0n) is 18.2. The molecule has 0 fully saturated rings. The summed E-state index contributed by atoms with van der Waals surface area (Å²) in [5.41, 5.74) is 1.40. The number of rotatable bonds is 9. The minimum atomic E-state index is -0.608. The average molecular weight is 435 g/mol. The van der Waals surface area contributed by atoms with E-state index in [1.165, 1.54) is 6.08 Å². The van der Waals surface area contributed by atoms with Crippen LogP contribution in [0.25, 0.3) is 6.08 Å². The summed E-state index contributed by atoms with van der Waals surface area (Å²) in [5, 5.41) is 6.58. The van der Waals surface area contributed by atoms with E-state index in [-0.39, 0.29) is 24.0 Å². The quantitative estimate of drug-likeness (QED) is 0.395. The average Bonchev–Trinajstić information content (AvgIpc) is 3.23. The second-order valence-electron chi connectivity index (χ2n) is 7.42. The van der Waals surface area contributed by atoms with Crippen LogP contribution in [0.15, 0.2) is 59.1 Å². The van der Waals surface area contributed by atoms with Crippen molar-refractivity contribution in [3.05, 3.63) is 77.4 Å². The number of hydrogen-bond acceptors (Lipinski definition) is 7. The number of aromatic nitrogens is 2. The Kier molecular flexibility index (Phi) is 7.75. The van der Waals surface area contributed by atoms with Gasteiger partial charge in [0.15, 0.2) is 12.4 Å². The molecule has 0 aliphatic heterocycles. The fraction of sp³-hybridized carbons (Fsp3) is 0.250. The summed E-state index contributed by atoms with van der Waals surface area (Å²) in [4.78, 5) is 29.1. The van der Waals surface area contributed by atoms with Gasteiger partial charge in [0.1, 0.15) is 5.75 Å². The molecule has 2 aromatic carbocycles. The number of para-hydroxylation sites is 1. The van der Waals surface area contributed by atoms with E-state index in [9.17, 15) is 9.59 Å². The van der Waals surface area contributed by atoms with Crippen LogP contribution in [-0.4, -0.2) is 29.1 Å². The third-order valence-electron chi connectivity index (χ3n) is 4.38. The summed E-state index contributed by atoms with van der Waals surface area (Å²) < 4.78 is 15.5. The summed E-state index contributed by atoms with van der Waals surface area (Å²) >= 11 is 0. The molecule has 1 aromatic heterocycles. The van der Waals surface area contributed by atoms with Crippen molar-refractivity contribution in [3.8, 4) is 5.75 Å². The SMILES string of the molecule is COc1ccc(/C=C/C(=O)Nc2ccccc2C(=O)OCc2nc(CC(C)C)no2)cc1. The van der Waals surface area contributed by atoms with Crippen molar-refractivity contribution < 1.29 is 23.6 Å². The van der Waals surface area contributed by atoms with Crippen molar-refractivity contribution in [1.82, 2.24) is 10.1 Å². The van der Waals surface area contributed by atoms with E-state index in [1.807, 2.05) is 26.0 Å². The molecule has 32 heavy (non-hydrogen) atoms. The predicted molar refractivity (Wildman–Crippen MR) is 119 cm³/mol. The molecule has 3 aromatic rings. The van der Waals surface area contributed by atoms with Crippen molar-refractivity contribution in [2.75, 3.05) is 12.4 Å². The molecular weight excluding hydrogens is 410 g/mol. The predicted octanol–water partition coefficient (Wildman–Crippen LogP) is 4.29. The first-order valence-electron chi connectivity index (χ1n) is 10.2. The van der Waals surface area contributed by atoms with Crippen LogP contribution >= 0.6 is 0 Å². The third-order valence-corrected chi connectivity index (χ3v) is 4.38. The van der Waals surface area contributed by atoms with Crippen LogP contribution in [0.4, 0.5) is 5.69 Å². The molecule has 0 aliphatic rings. The highest BCUT2D eigenvalue weighted by atomic mass is 16.6. The number of benzene rings is 2. The monoisotopic (exact) mass is 435 g/mol. The molecule has 3 rings (SSSR count). The van der Waals surface area contributed by atoms with Crippen LogP contribution < -0.4 is 10.1 Å². The number of nitrogens with zero attached hydrogens (tertiary/aromatic N) is 2. The van der Waals surface area contributed by atoms with Gasteiger partial charge in [0.2, 0.25) is 5.91 Å². The first kappa shape index (κ1) is 22.7. The molecule has 1 amide bonds. The molecule has 166 valence electrons.